The van der Waals surface area contributed by atoms with Crippen molar-refractivity contribution in [3.63, 3.8) is 0 Å². The third-order valence-electron chi connectivity index (χ3n) is 7.42. The highest BCUT2D eigenvalue weighted by molar-refractivity contribution is 6.00. The largest absolute Gasteiger partial charge is 0.377 e. The van der Waals surface area contributed by atoms with Gasteiger partial charge < -0.3 is 9.30 Å². The number of rotatable bonds is 6. The molecule has 0 radical (unpaired) electrons. The summed E-state index contributed by atoms with van der Waals surface area (Å²) in [5, 5.41) is 0. The number of ketones is 1. The minimum atomic E-state index is -0.631. The van der Waals surface area contributed by atoms with Crippen molar-refractivity contribution in [2.45, 2.75) is 18.4 Å². The van der Waals surface area contributed by atoms with E-state index in [0.29, 0.717) is 25.2 Å². The van der Waals surface area contributed by atoms with Gasteiger partial charge in [-0.15, -0.1) is 0 Å². The zero-order valence-corrected chi connectivity index (χ0v) is 21.7. The highest BCUT2D eigenvalue weighted by Gasteiger charge is 2.38. The van der Waals surface area contributed by atoms with E-state index in [2.05, 4.69) is 89.6 Å². The Kier molecular flexibility index (Phi) is 7.03. The lowest BCUT2D eigenvalue weighted by Gasteiger charge is -2.37. The van der Waals surface area contributed by atoms with Crippen LogP contribution in [0.25, 0.3) is 17.3 Å². The Morgan fingerprint density at radius 1 is 0.744 bits per heavy atom. The van der Waals surface area contributed by atoms with Gasteiger partial charge in [-0.2, -0.15) is 0 Å². The van der Waals surface area contributed by atoms with Gasteiger partial charge in [0.25, 0.3) is 0 Å². The molecular formula is C35H30N2O2. The lowest BCUT2D eigenvalue weighted by molar-refractivity contribution is -0.115. The number of aromatic nitrogens is 2. The molecule has 0 unspecified atom stereocenters. The Labute approximate surface area is 229 Å². The van der Waals surface area contributed by atoms with Crippen LogP contribution in [0.5, 0.6) is 0 Å². The summed E-state index contributed by atoms with van der Waals surface area (Å²) in [5.74, 6) is 0.157. The molecular weight excluding hydrogens is 480 g/mol. The molecule has 6 rings (SSSR count). The van der Waals surface area contributed by atoms with Crippen LogP contribution in [0.3, 0.4) is 0 Å². The Balaban J connectivity index is 1.54. The second kappa shape index (κ2) is 11.1. The van der Waals surface area contributed by atoms with Crippen LogP contribution in [0.1, 0.15) is 35.1 Å². The highest BCUT2D eigenvalue weighted by atomic mass is 16.5. The third kappa shape index (κ3) is 4.75. The maximum absolute atomic E-state index is 12.7. The normalized spacial score (nSPS) is 15.3. The average molecular weight is 511 g/mol. The van der Waals surface area contributed by atoms with E-state index in [-0.39, 0.29) is 5.78 Å². The summed E-state index contributed by atoms with van der Waals surface area (Å²) < 4.78 is 7.90. The van der Waals surface area contributed by atoms with E-state index in [1.54, 1.807) is 0 Å². The molecule has 0 atom stereocenters. The first-order valence-corrected chi connectivity index (χ1v) is 13.4. The van der Waals surface area contributed by atoms with Crippen molar-refractivity contribution in [2.24, 2.45) is 0 Å². The summed E-state index contributed by atoms with van der Waals surface area (Å²) in [5.41, 5.74) is 6.29. The first-order chi connectivity index (χ1) is 19.3. The lowest BCUT2D eigenvalue weighted by Crippen LogP contribution is -2.36. The monoisotopic (exact) mass is 510 g/mol. The molecule has 1 saturated heterocycles. The van der Waals surface area contributed by atoms with E-state index in [4.69, 9.17) is 9.72 Å². The molecule has 1 aromatic heterocycles. The van der Waals surface area contributed by atoms with Gasteiger partial charge in [-0.1, -0.05) is 115 Å². The molecule has 192 valence electrons. The van der Waals surface area contributed by atoms with E-state index in [9.17, 15) is 4.79 Å². The number of imidazole rings is 1. The maximum atomic E-state index is 12.7. The summed E-state index contributed by atoms with van der Waals surface area (Å²) >= 11 is 0. The van der Waals surface area contributed by atoms with Gasteiger partial charge >= 0.3 is 0 Å². The molecule has 0 spiro atoms. The molecule has 4 aromatic carbocycles. The molecule has 4 nitrogen and oxygen atoms in total. The maximum Gasteiger partial charge on any atom is 0.161 e. The fourth-order valence-corrected chi connectivity index (χ4v) is 5.55. The number of nitrogens with zero attached hydrogens (tertiary/aromatic N) is 2. The van der Waals surface area contributed by atoms with Crippen molar-refractivity contribution in [1.82, 2.24) is 9.55 Å². The Morgan fingerprint density at radius 2 is 1.31 bits per heavy atom. The van der Waals surface area contributed by atoms with Crippen LogP contribution >= 0.6 is 0 Å². The third-order valence-corrected chi connectivity index (χ3v) is 7.42. The Morgan fingerprint density at radius 3 is 1.92 bits per heavy atom. The molecule has 39 heavy (non-hydrogen) atoms. The van der Waals surface area contributed by atoms with E-state index >= 15 is 0 Å². The topological polar surface area (TPSA) is 44.1 Å². The highest BCUT2D eigenvalue weighted by Crippen LogP contribution is 2.41. The molecule has 2 heterocycles. The summed E-state index contributed by atoms with van der Waals surface area (Å²) in [7, 11) is 0. The van der Waals surface area contributed by atoms with Crippen LogP contribution < -0.4 is 0 Å². The summed E-state index contributed by atoms with van der Waals surface area (Å²) in [6.45, 7) is 0.969. The number of carbonyl (C=O) groups is 1. The predicted octanol–water partition coefficient (Wildman–Crippen LogP) is 7.15. The minimum Gasteiger partial charge on any atom is -0.377 e. The Hall–Kier alpha value is -4.54. The molecule has 5 aromatic rings. The quantitative estimate of drug-likeness (QED) is 0.180. The molecule has 0 N–H and O–H groups in total. The minimum absolute atomic E-state index is 0.157. The zero-order valence-electron chi connectivity index (χ0n) is 21.7. The molecule has 0 aliphatic carbocycles. The van der Waals surface area contributed by atoms with Gasteiger partial charge in [-0.3, -0.25) is 4.79 Å². The zero-order chi connectivity index (χ0) is 26.5. The fourth-order valence-electron chi connectivity index (χ4n) is 5.55. The van der Waals surface area contributed by atoms with E-state index in [1.807, 2.05) is 48.8 Å². The molecule has 4 heteroatoms. The lowest BCUT2D eigenvalue weighted by atomic mass is 9.77. The number of carbonyl (C=O) groups excluding carboxylic acids is 1. The standard InChI is InChI=1S/C35H30N2O2/c38-34-21-12-22-39-25-28(34)23-27-13-10-11-20-32(27)33-24-37(26-36-33)35(29-14-4-1-5-15-29,30-16-6-2-7-17-30)31-18-8-3-9-19-31/h1-11,13-20,23-24,26H,12,21-22,25H2/b28-23+. The second-order valence-electron chi connectivity index (χ2n) is 9.81. The van der Waals surface area contributed by atoms with Gasteiger partial charge in [-0.05, 0) is 34.8 Å². The van der Waals surface area contributed by atoms with Gasteiger partial charge in [0.15, 0.2) is 5.78 Å². The van der Waals surface area contributed by atoms with Crippen LogP contribution in [-0.2, 0) is 15.1 Å². The SMILES string of the molecule is O=C1CCCOC/C1=C\c1ccccc1-c1cn(C(c2ccccc2)(c2ccccc2)c2ccccc2)cn1. The number of ether oxygens (including phenoxy) is 1. The number of benzene rings is 4. The van der Waals surface area contributed by atoms with Gasteiger partial charge in [0.1, 0.15) is 5.54 Å². The van der Waals surface area contributed by atoms with Crippen LogP contribution in [0.4, 0.5) is 0 Å². The van der Waals surface area contributed by atoms with Crippen LogP contribution in [0.2, 0.25) is 0 Å². The van der Waals surface area contributed by atoms with Crippen molar-refractivity contribution < 1.29 is 9.53 Å². The molecule has 1 aliphatic heterocycles. The van der Waals surface area contributed by atoms with Crippen molar-refractivity contribution in [3.05, 3.63) is 156 Å². The fraction of sp³-hybridized carbons (Fsp3) is 0.143. The van der Waals surface area contributed by atoms with E-state index in [1.165, 1.54) is 0 Å². The summed E-state index contributed by atoms with van der Waals surface area (Å²) in [6, 6.07) is 39.8. The second-order valence-corrected chi connectivity index (χ2v) is 9.81. The molecule has 0 amide bonds. The smallest absolute Gasteiger partial charge is 0.161 e. The molecule has 1 aliphatic rings. The van der Waals surface area contributed by atoms with Crippen LogP contribution in [0, 0.1) is 0 Å². The Bertz CT molecular complexity index is 1490. The first-order valence-electron chi connectivity index (χ1n) is 13.4. The van der Waals surface area contributed by atoms with E-state index in [0.717, 1.165) is 39.9 Å². The first kappa shape index (κ1) is 24.8. The van der Waals surface area contributed by atoms with Gasteiger partial charge in [0.2, 0.25) is 0 Å². The average Bonchev–Trinajstić information content (AvgIpc) is 3.40. The summed E-state index contributed by atoms with van der Waals surface area (Å²) in [4.78, 5) is 17.6. The molecule has 0 bridgehead atoms. The van der Waals surface area contributed by atoms with Gasteiger partial charge in [0, 0.05) is 30.4 Å². The number of hydrogen-bond acceptors (Lipinski definition) is 3. The number of hydrogen-bond donors (Lipinski definition) is 0. The van der Waals surface area contributed by atoms with E-state index < -0.39 is 5.54 Å². The van der Waals surface area contributed by atoms with Crippen LogP contribution in [-0.4, -0.2) is 28.5 Å². The predicted molar refractivity (Wildman–Crippen MR) is 155 cm³/mol. The summed E-state index contributed by atoms with van der Waals surface area (Å²) in [6.07, 6.45) is 7.31. The van der Waals surface area contributed by atoms with Crippen LogP contribution in [0.15, 0.2) is 133 Å². The molecule has 0 saturated carbocycles. The van der Waals surface area contributed by atoms with Crippen molar-refractivity contribution in [3.8, 4) is 11.3 Å². The van der Waals surface area contributed by atoms with Crippen molar-refractivity contribution in [1.29, 1.82) is 0 Å². The number of Topliss-reactive ketones (excluding diaryl/α,β-unsaturated/α-hetero) is 1. The van der Waals surface area contributed by atoms with Crippen molar-refractivity contribution in [2.75, 3.05) is 13.2 Å². The van der Waals surface area contributed by atoms with Gasteiger partial charge in [-0.25, -0.2) is 4.98 Å². The molecule has 1 fully saturated rings. The van der Waals surface area contributed by atoms with Gasteiger partial charge in [0.05, 0.1) is 18.6 Å². The van der Waals surface area contributed by atoms with Crippen molar-refractivity contribution >= 4 is 11.9 Å².